The Labute approximate surface area is 105 Å². The number of benzene rings is 1. The maximum atomic E-state index is 13.4. The van der Waals surface area contributed by atoms with Crippen LogP contribution >= 0.6 is 34.5 Å². The monoisotopic (exact) mass is 278 g/mol. The fourth-order valence-corrected chi connectivity index (χ4v) is 1.92. The van der Waals surface area contributed by atoms with Crippen molar-refractivity contribution in [2.24, 2.45) is 0 Å². The summed E-state index contributed by atoms with van der Waals surface area (Å²) < 4.78 is 18.6. The topological polar surface area (TPSA) is 35.0 Å². The van der Waals surface area contributed by atoms with Crippen LogP contribution in [0, 0.1) is 5.82 Å². The molecule has 3 nitrogen and oxygen atoms in total. The molecule has 1 aromatic carbocycles. The highest BCUT2D eigenvalue weighted by atomic mass is 35.5. The van der Waals surface area contributed by atoms with E-state index in [1.807, 2.05) is 0 Å². The first-order chi connectivity index (χ1) is 7.70. The molecule has 0 aliphatic carbocycles. The number of aromatic nitrogens is 2. The maximum Gasteiger partial charge on any atom is 0.299 e. The van der Waals surface area contributed by atoms with E-state index in [2.05, 4.69) is 10.2 Å². The molecule has 1 aromatic heterocycles. The van der Waals surface area contributed by atoms with Gasteiger partial charge >= 0.3 is 0 Å². The van der Waals surface area contributed by atoms with Crippen molar-refractivity contribution in [2.45, 2.75) is 5.88 Å². The van der Waals surface area contributed by atoms with Crippen molar-refractivity contribution in [1.82, 2.24) is 10.2 Å². The zero-order chi connectivity index (χ0) is 11.5. The van der Waals surface area contributed by atoms with E-state index < -0.39 is 5.82 Å². The van der Waals surface area contributed by atoms with Crippen molar-refractivity contribution in [3.8, 4) is 10.9 Å². The van der Waals surface area contributed by atoms with Crippen molar-refractivity contribution in [2.75, 3.05) is 0 Å². The lowest BCUT2D eigenvalue weighted by Gasteiger charge is -2.02. The van der Waals surface area contributed by atoms with Gasteiger partial charge in [-0.25, -0.2) is 4.39 Å². The third kappa shape index (κ3) is 2.42. The fourth-order valence-electron chi connectivity index (χ4n) is 0.990. The molecule has 0 saturated carbocycles. The van der Waals surface area contributed by atoms with Gasteiger partial charge in [0.1, 0.15) is 5.01 Å². The van der Waals surface area contributed by atoms with Crippen molar-refractivity contribution in [1.29, 1.82) is 0 Å². The summed E-state index contributed by atoms with van der Waals surface area (Å²) in [6.07, 6.45) is 0. The van der Waals surface area contributed by atoms with Gasteiger partial charge in [0.05, 0.1) is 10.9 Å². The Morgan fingerprint density at radius 2 is 2.19 bits per heavy atom. The molecule has 0 aliphatic heterocycles. The lowest BCUT2D eigenvalue weighted by atomic mass is 10.3. The summed E-state index contributed by atoms with van der Waals surface area (Å²) in [4.78, 5) is 0. The molecule has 0 amide bonds. The van der Waals surface area contributed by atoms with E-state index in [4.69, 9.17) is 27.9 Å². The molecular formula is C9H5Cl2FN2OS. The molecule has 0 N–H and O–H groups in total. The van der Waals surface area contributed by atoms with E-state index in [0.717, 1.165) is 11.3 Å². The van der Waals surface area contributed by atoms with Crippen LogP contribution in [-0.2, 0) is 5.88 Å². The number of hydrogen-bond acceptors (Lipinski definition) is 4. The van der Waals surface area contributed by atoms with E-state index in [1.54, 1.807) is 6.07 Å². The molecule has 1 heterocycles. The average molecular weight is 279 g/mol. The number of alkyl halides is 1. The quantitative estimate of drug-likeness (QED) is 0.800. The van der Waals surface area contributed by atoms with E-state index in [-0.39, 0.29) is 21.8 Å². The highest BCUT2D eigenvalue weighted by Gasteiger charge is 2.11. The third-order valence-electron chi connectivity index (χ3n) is 1.68. The first kappa shape index (κ1) is 11.6. The second-order valence-corrected chi connectivity index (χ2v) is 4.45. The van der Waals surface area contributed by atoms with Gasteiger partial charge in [0.2, 0.25) is 0 Å². The van der Waals surface area contributed by atoms with Gasteiger partial charge in [-0.2, -0.15) is 0 Å². The Morgan fingerprint density at radius 3 is 2.88 bits per heavy atom. The van der Waals surface area contributed by atoms with Crippen molar-refractivity contribution < 1.29 is 9.13 Å². The second-order valence-electron chi connectivity index (χ2n) is 2.75. The van der Waals surface area contributed by atoms with Crippen LogP contribution in [0.3, 0.4) is 0 Å². The Morgan fingerprint density at radius 1 is 1.38 bits per heavy atom. The molecule has 84 valence electrons. The third-order valence-corrected chi connectivity index (χ3v) is 3.18. The smallest absolute Gasteiger partial charge is 0.299 e. The molecule has 2 aromatic rings. The highest BCUT2D eigenvalue weighted by Crippen LogP contribution is 2.30. The largest absolute Gasteiger partial charge is 0.427 e. The molecule has 0 fully saturated rings. The zero-order valence-corrected chi connectivity index (χ0v) is 10.1. The molecule has 0 saturated heterocycles. The molecule has 0 unspecified atom stereocenters. The number of rotatable bonds is 3. The number of ether oxygens (including phenoxy) is 1. The van der Waals surface area contributed by atoms with Gasteiger partial charge in [-0.3, -0.25) is 0 Å². The van der Waals surface area contributed by atoms with Crippen molar-refractivity contribution >= 4 is 34.5 Å². The standard InChI is InChI=1S/C9H5Cl2FN2OS/c10-4-7-13-14-9(16-7)15-6-3-1-2-5(11)8(6)12/h1-3H,4H2. The molecule has 16 heavy (non-hydrogen) atoms. The van der Waals surface area contributed by atoms with Crippen LogP contribution in [0.1, 0.15) is 5.01 Å². The van der Waals surface area contributed by atoms with Crippen LogP contribution in [0.25, 0.3) is 0 Å². The Kier molecular flexibility index (Phi) is 3.58. The van der Waals surface area contributed by atoms with Gasteiger partial charge in [0.15, 0.2) is 11.6 Å². The van der Waals surface area contributed by atoms with E-state index >= 15 is 0 Å². The van der Waals surface area contributed by atoms with Gasteiger partial charge in [0, 0.05) is 0 Å². The van der Waals surface area contributed by atoms with E-state index in [9.17, 15) is 4.39 Å². The minimum Gasteiger partial charge on any atom is -0.427 e. The minimum atomic E-state index is -0.619. The number of halogens is 3. The van der Waals surface area contributed by atoms with Crippen LogP contribution < -0.4 is 4.74 Å². The lowest BCUT2D eigenvalue weighted by molar-refractivity contribution is 0.436. The number of nitrogens with zero attached hydrogens (tertiary/aromatic N) is 2. The summed E-state index contributed by atoms with van der Waals surface area (Å²) in [6, 6.07) is 4.49. The molecule has 0 aliphatic rings. The Hall–Kier alpha value is -0.910. The number of hydrogen-bond donors (Lipinski definition) is 0. The zero-order valence-electron chi connectivity index (χ0n) is 7.78. The maximum absolute atomic E-state index is 13.4. The second kappa shape index (κ2) is 4.95. The summed E-state index contributed by atoms with van der Waals surface area (Å²) in [7, 11) is 0. The fraction of sp³-hybridized carbons (Fsp3) is 0.111. The SMILES string of the molecule is Fc1c(Cl)cccc1Oc1nnc(CCl)s1. The van der Waals surface area contributed by atoms with Crippen LogP contribution in [0.2, 0.25) is 5.02 Å². The first-order valence-electron chi connectivity index (χ1n) is 4.21. The normalized spacial score (nSPS) is 10.4. The van der Waals surface area contributed by atoms with Crippen LogP contribution in [0.15, 0.2) is 18.2 Å². The molecule has 0 spiro atoms. The summed E-state index contributed by atoms with van der Waals surface area (Å²) in [6.45, 7) is 0. The van der Waals surface area contributed by atoms with Gasteiger partial charge < -0.3 is 4.74 Å². The molecule has 0 atom stereocenters. The molecule has 0 radical (unpaired) electrons. The summed E-state index contributed by atoms with van der Waals surface area (Å²) in [5.74, 6) is -0.351. The lowest BCUT2D eigenvalue weighted by Crippen LogP contribution is -1.88. The average Bonchev–Trinajstić information content (AvgIpc) is 2.73. The van der Waals surface area contributed by atoms with Gasteiger partial charge in [-0.05, 0) is 12.1 Å². The first-order valence-corrected chi connectivity index (χ1v) is 5.94. The summed E-state index contributed by atoms with van der Waals surface area (Å²) in [5.41, 5.74) is 0. The van der Waals surface area contributed by atoms with Crippen LogP contribution in [-0.4, -0.2) is 10.2 Å². The molecule has 0 bridgehead atoms. The summed E-state index contributed by atoms with van der Waals surface area (Å²) >= 11 is 12.3. The van der Waals surface area contributed by atoms with Gasteiger partial charge in [0.25, 0.3) is 5.19 Å². The molecular weight excluding hydrogens is 274 g/mol. The van der Waals surface area contributed by atoms with Gasteiger partial charge in [-0.15, -0.1) is 16.7 Å². The van der Waals surface area contributed by atoms with Crippen LogP contribution in [0.5, 0.6) is 10.9 Å². The van der Waals surface area contributed by atoms with Gasteiger partial charge in [-0.1, -0.05) is 34.1 Å². The Bertz CT molecular complexity index is 506. The van der Waals surface area contributed by atoms with Crippen molar-refractivity contribution in [3.63, 3.8) is 0 Å². The highest BCUT2D eigenvalue weighted by molar-refractivity contribution is 7.13. The molecule has 2 rings (SSSR count). The van der Waals surface area contributed by atoms with Crippen molar-refractivity contribution in [3.05, 3.63) is 34.0 Å². The predicted molar refractivity (Wildman–Crippen MR) is 61.0 cm³/mol. The minimum absolute atomic E-state index is 0.000387. The molecule has 7 heteroatoms. The summed E-state index contributed by atoms with van der Waals surface area (Å²) in [5, 5.41) is 8.29. The van der Waals surface area contributed by atoms with Crippen LogP contribution in [0.4, 0.5) is 4.39 Å². The van der Waals surface area contributed by atoms with E-state index in [1.165, 1.54) is 12.1 Å². The van der Waals surface area contributed by atoms with E-state index in [0.29, 0.717) is 5.01 Å². The predicted octanol–water partition coefficient (Wildman–Crippen LogP) is 3.86. The Balaban J connectivity index is 2.23.